The van der Waals surface area contributed by atoms with Crippen molar-refractivity contribution in [2.75, 3.05) is 25.6 Å². The van der Waals surface area contributed by atoms with Crippen molar-refractivity contribution < 1.29 is 9.84 Å². The number of aliphatic hydroxyl groups is 1. The molecule has 0 saturated carbocycles. The molecule has 0 fully saturated rings. The molecule has 0 heterocycles. The van der Waals surface area contributed by atoms with Crippen LogP contribution in [0.2, 0.25) is 0 Å². The number of aliphatic hydroxyl groups excluding tert-OH is 1. The topological polar surface area (TPSA) is 67.5 Å². The second kappa shape index (κ2) is 11.6. The molecular formula is C17H37ClN2O2. The summed E-state index contributed by atoms with van der Waals surface area (Å²) in [5.74, 6) is 0.287. The van der Waals surface area contributed by atoms with Crippen LogP contribution in [0, 0.1) is 0 Å². The van der Waals surface area contributed by atoms with Crippen molar-refractivity contribution in [3.05, 3.63) is 0 Å². The second-order valence-electron chi connectivity index (χ2n) is 7.52. The highest BCUT2D eigenvalue weighted by molar-refractivity contribution is 6.18. The van der Waals surface area contributed by atoms with Gasteiger partial charge in [-0.25, -0.2) is 0 Å². The van der Waals surface area contributed by atoms with Gasteiger partial charge in [0.25, 0.3) is 0 Å². The summed E-state index contributed by atoms with van der Waals surface area (Å²) in [7, 11) is 0. The maximum absolute atomic E-state index is 9.31. The first-order chi connectivity index (χ1) is 10.2. The van der Waals surface area contributed by atoms with E-state index in [1.54, 1.807) is 0 Å². The van der Waals surface area contributed by atoms with Crippen molar-refractivity contribution in [2.45, 2.75) is 83.5 Å². The molecule has 4 nitrogen and oxygen atoms in total. The Morgan fingerprint density at radius 3 is 2.32 bits per heavy atom. The Labute approximate surface area is 142 Å². The van der Waals surface area contributed by atoms with E-state index in [-0.39, 0.29) is 17.0 Å². The Bertz CT molecular complexity index is 268. The van der Waals surface area contributed by atoms with E-state index in [4.69, 9.17) is 22.1 Å². The molecule has 0 aromatic carbocycles. The number of ether oxygens (including phenoxy) is 1. The van der Waals surface area contributed by atoms with Gasteiger partial charge in [0.2, 0.25) is 0 Å². The fourth-order valence-corrected chi connectivity index (χ4v) is 2.34. The van der Waals surface area contributed by atoms with E-state index >= 15 is 0 Å². The van der Waals surface area contributed by atoms with Crippen LogP contribution in [0.4, 0.5) is 0 Å². The minimum absolute atomic E-state index is 0.0616. The molecule has 0 amide bonds. The highest BCUT2D eigenvalue weighted by Crippen LogP contribution is 2.19. The molecule has 0 spiro atoms. The van der Waals surface area contributed by atoms with Gasteiger partial charge in [-0.2, -0.15) is 0 Å². The minimum Gasteiger partial charge on any atom is -0.391 e. The Morgan fingerprint density at radius 1 is 1.09 bits per heavy atom. The standard InChI is InChI=1S/C17H37ClN2O2/c1-16(2,19)9-6-8-12-22-17(3,4)10-5-7-11-20-14-15(21)13-18/h15,20-21H,5-14,19H2,1-4H3. The molecular weight excluding hydrogens is 300 g/mol. The van der Waals surface area contributed by atoms with Crippen molar-refractivity contribution >= 4 is 11.6 Å². The lowest BCUT2D eigenvalue weighted by molar-refractivity contribution is -0.0268. The molecule has 0 aromatic heterocycles. The Balaban J connectivity index is 3.53. The average Bonchev–Trinajstić information content (AvgIpc) is 2.40. The van der Waals surface area contributed by atoms with Crippen LogP contribution in [-0.2, 0) is 4.74 Å². The molecule has 0 saturated heterocycles. The maximum atomic E-state index is 9.31. The van der Waals surface area contributed by atoms with Gasteiger partial charge in [0.15, 0.2) is 0 Å². The van der Waals surface area contributed by atoms with Crippen LogP contribution in [0.3, 0.4) is 0 Å². The quantitative estimate of drug-likeness (QED) is 0.337. The molecule has 0 bridgehead atoms. The molecule has 22 heavy (non-hydrogen) atoms. The van der Waals surface area contributed by atoms with Gasteiger partial charge in [-0.1, -0.05) is 0 Å². The Hall–Kier alpha value is 0.130. The number of hydrogen-bond donors (Lipinski definition) is 3. The van der Waals surface area contributed by atoms with Crippen LogP contribution in [0.25, 0.3) is 0 Å². The van der Waals surface area contributed by atoms with E-state index in [0.717, 1.165) is 51.7 Å². The summed E-state index contributed by atoms with van der Waals surface area (Å²) in [4.78, 5) is 0. The highest BCUT2D eigenvalue weighted by Gasteiger charge is 2.17. The summed E-state index contributed by atoms with van der Waals surface area (Å²) in [5.41, 5.74) is 5.84. The normalized spacial score (nSPS) is 14.3. The van der Waals surface area contributed by atoms with Gasteiger partial charge >= 0.3 is 0 Å². The Morgan fingerprint density at radius 2 is 1.73 bits per heavy atom. The first kappa shape index (κ1) is 22.1. The SMILES string of the molecule is CC(C)(N)CCCCOC(C)(C)CCCCNCC(O)CCl. The first-order valence-electron chi connectivity index (χ1n) is 8.54. The third-order valence-electron chi connectivity index (χ3n) is 3.65. The highest BCUT2D eigenvalue weighted by atomic mass is 35.5. The van der Waals surface area contributed by atoms with Crippen LogP contribution in [0.5, 0.6) is 0 Å². The zero-order valence-electron chi connectivity index (χ0n) is 15.0. The molecule has 0 aliphatic carbocycles. The van der Waals surface area contributed by atoms with Crippen molar-refractivity contribution in [1.82, 2.24) is 5.32 Å². The monoisotopic (exact) mass is 336 g/mol. The van der Waals surface area contributed by atoms with E-state index in [0.29, 0.717) is 6.54 Å². The van der Waals surface area contributed by atoms with Crippen LogP contribution >= 0.6 is 11.6 Å². The molecule has 134 valence electrons. The van der Waals surface area contributed by atoms with Gasteiger partial charge in [0, 0.05) is 24.6 Å². The van der Waals surface area contributed by atoms with Gasteiger partial charge in [0.1, 0.15) is 0 Å². The zero-order chi connectivity index (χ0) is 17.1. The predicted molar refractivity (Wildman–Crippen MR) is 95.6 cm³/mol. The van der Waals surface area contributed by atoms with Crippen LogP contribution in [0.1, 0.15) is 66.2 Å². The number of unbranched alkanes of at least 4 members (excludes halogenated alkanes) is 2. The summed E-state index contributed by atoms with van der Waals surface area (Å²) < 4.78 is 5.99. The first-order valence-corrected chi connectivity index (χ1v) is 9.07. The molecule has 0 aromatic rings. The van der Waals surface area contributed by atoms with Crippen molar-refractivity contribution in [3.8, 4) is 0 Å². The number of nitrogens with one attached hydrogen (secondary N) is 1. The number of alkyl halides is 1. The van der Waals surface area contributed by atoms with Gasteiger partial charge in [0.05, 0.1) is 11.7 Å². The molecule has 5 heteroatoms. The smallest absolute Gasteiger partial charge is 0.0799 e. The second-order valence-corrected chi connectivity index (χ2v) is 7.83. The number of halogens is 1. The lowest BCUT2D eigenvalue weighted by Gasteiger charge is -2.26. The van der Waals surface area contributed by atoms with E-state index in [1.807, 2.05) is 0 Å². The van der Waals surface area contributed by atoms with Crippen LogP contribution in [0.15, 0.2) is 0 Å². The molecule has 0 aliphatic rings. The molecule has 1 atom stereocenters. The fourth-order valence-electron chi connectivity index (χ4n) is 2.23. The molecule has 1 unspecified atom stereocenters. The lowest BCUT2D eigenvalue weighted by Crippen LogP contribution is -2.31. The van der Waals surface area contributed by atoms with Crippen LogP contribution in [-0.4, -0.2) is 47.9 Å². The van der Waals surface area contributed by atoms with Crippen LogP contribution < -0.4 is 11.1 Å². The zero-order valence-corrected chi connectivity index (χ0v) is 15.7. The molecule has 0 radical (unpaired) electrons. The van der Waals surface area contributed by atoms with E-state index in [2.05, 4.69) is 33.0 Å². The van der Waals surface area contributed by atoms with E-state index in [1.165, 1.54) is 0 Å². The molecule has 0 aliphatic heterocycles. The maximum Gasteiger partial charge on any atom is 0.0799 e. The number of hydrogen-bond acceptors (Lipinski definition) is 4. The fraction of sp³-hybridized carbons (Fsp3) is 1.00. The van der Waals surface area contributed by atoms with Crippen molar-refractivity contribution in [2.24, 2.45) is 5.73 Å². The summed E-state index contributed by atoms with van der Waals surface area (Å²) in [6.45, 7) is 10.7. The lowest BCUT2D eigenvalue weighted by atomic mass is 9.98. The van der Waals surface area contributed by atoms with Gasteiger partial charge in [-0.3, -0.25) is 0 Å². The van der Waals surface area contributed by atoms with Gasteiger partial charge in [-0.05, 0) is 72.8 Å². The van der Waals surface area contributed by atoms with Crippen molar-refractivity contribution in [1.29, 1.82) is 0 Å². The molecule has 4 N–H and O–H groups in total. The van der Waals surface area contributed by atoms with Crippen molar-refractivity contribution in [3.63, 3.8) is 0 Å². The largest absolute Gasteiger partial charge is 0.391 e. The van der Waals surface area contributed by atoms with Gasteiger partial charge < -0.3 is 20.9 Å². The Kier molecular flexibility index (Phi) is 11.7. The number of rotatable bonds is 14. The third kappa shape index (κ3) is 15.0. The van der Waals surface area contributed by atoms with E-state index < -0.39 is 6.10 Å². The predicted octanol–water partition coefficient (Wildman–Crippen LogP) is 3.05. The summed E-state index contributed by atoms with van der Waals surface area (Å²) >= 11 is 5.53. The summed E-state index contributed by atoms with van der Waals surface area (Å²) in [5, 5.41) is 12.5. The molecule has 0 rings (SSSR count). The number of nitrogens with two attached hydrogens (primary N) is 1. The van der Waals surface area contributed by atoms with Gasteiger partial charge in [-0.15, -0.1) is 11.6 Å². The third-order valence-corrected chi connectivity index (χ3v) is 4.00. The van der Waals surface area contributed by atoms with E-state index in [9.17, 15) is 5.11 Å². The minimum atomic E-state index is -0.445. The summed E-state index contributed by atoms with van der Waals surface area (Å²) in [6.07, 6.45) is 6.04. The summed E-state index contributed by atoms with van der Waals surface area (Å²) in [6, 6.07) is 0. The average molecular weight is 337 g/mol.